The van der Waals surface area contributed by atoms with Gasteiger partial charge >= 0.3 is 12.3 Å². The van der Waals surface area contributed by atoms with Gasteiger partial charge in [0.1, 0.15) is 0 Å². The molecule has 0 bridgehead atoms. The van der Waals surface area contributed by atoms with Crippen LogP contribution in [0.4, 0.5) is 18.0 Å². The summed E-state index contributed by atoms with van der Waals surface area (Å²) in [4.78, 5) is 15.4. The Morgan fingerprint density at radius 2 is 2.12 bits per heavy atom. The zero-order valence-electron chi connectivity index (χ0n) is 12.8. The van der Waals surface area contributed by atoms with Gasteiger partial charge in [0.2, 0.25) is 0 Å². The van der Waals surface area contributed by atoms with E-state index >= 15 is 0 Å². The van der Waals surface area contributed by atoms with Gasteiger partial charge in [-0.25, -0.2) is 9.78 Å². The number of ether oxygens (including phenoxy) is 1. The van der Waals surface area contributed by atoms with Gasteiger partial charge < -0.3 is 10.1 Å². The lowest BCUT2D eigenvalue weighted by Crippen LogP contribution is -2.30. The number of hydrogen-bond donors (Lipinski definition) is 1. The predicted molar refractivity (Wildman–Crippen MR) is 84.4 cm³/mol. The standard InChI is InChI=1S/C15H16F3N3O2S/c1-11-4-2-3-5-12(11)21-8-6-19-13(21)24-9-7-20-14(22)23-10-15(16,17)18/h2-6,8H,7,9-10H2,1H3,(H,20,22). The molecule has 0 aliphatic heterocycles. The molecule has 1 heterocycles. The van der Waals surface area contributed by atoms with Gasteiger partial charge in [-0.2, -0.15) is 13.2 Å². The van der Waals surface area contributed by atoms with Crippen molar-refractivity contribution in [1.82, 2.24) is 14.9 Å². The SMILES string of the molecule is Cc1ccccc1-n1ccnc1SCCNC(=O)OCC(F)(F)F. The number of hydrogen-bond acceptors (Lipinski definition) is 4. The second kappa shape index (κ2) is 8.09. The third kappa shape index (κ3) is 5.48. The Bertz CT molecular complexity index is 689. The van der Waals surface area contributed by atoms with Crippen LogP contribution in [0.5, 0.6) is 0 Å². The summed E-state index contributed by atoms with van der Waals surface area (Å²) in [6.45, 7) is 0.563. The number of alkyl carbamates (subject to hydrolysis) is 1. The number of thioether (sulfide) groups is 1. The third-order valence-electron chi connectivity index (χ3n) is 2.95. The van der Waals surface area contributed by atoms with E-state index in [1.54, 1.807) is 6.20 Å². The fraction of sp³-hybridized carbons (Fsp3) is 0.333. The lowest BCUT2D eigenvalue weighted by Gasteiger charge is -2.11. The Morgan fingerprint density at radius 3 is 2.83 bits per heavy atom. The zero-order chi connectivity index (χ0) is 17.6. The van der Waals surface area contributed by atoms with Crippen LogP contribution in [0, 0.1) is 6.92 Å². The minimum atomic E-state index is -4.52. The number of para-hydroxylation sites is 1. The summed E-state index contributed by atoms with van der Waals surface area (Å²) < 4.78 is 41.7. The van der Waals surface area contributed by atoms with E-state index in [0.29, 0.717) is 5.75 Å². The van der Waals surface area contributed by atoms with E-state index in [2.05, 4.69) is 15.0 Å². The van der Waals surface area contributed by atoms with E-state index < -0.39 is 18.9 Å². The highest BCUT2D eigenvalue weighted by molar-refractivity contribution is 7.99. The average molecular weight is 359 g/mol. The van der Waals surface area contributed by atoms with Crippen molar-refractivity contribution in [2.24, 2.45) is 0 Å². The molecule has 9 heteroatoms. The Hall–Kier alpha value is -2.16. The number of amides is 1. The molecule has 1 aromatic carbocycles. The maximum absolute atomic E-state index is 11.9. The molecule has 0 unspecified atom stereocenters. The third-order valence-corrected chi connectivity index (χ3v) is 3.92. The molecule has 1 N–H and O–H groups in total. The van der Waals surface area contributed by atoms with Gasteiger partial charge in [0.25, 0.3) is 0 Å². The van der Waals surface area contributed by atoms with E-state index in [1.807, 2.05) is 42.0 Å². The number of nitrogens with one attached hydrogen (secondary N) is 1. The van der Waals surface area contributed by atoms with Crippen molar-refractivity contribution in [2.45, 2.75) is 18.3 Å². The smallest absolute Gasteiger partial charge is 0.422 e. The first-order valence-electron chi connectivity index (χ1n) is 7.06. The summed E-state index contributed by atoms with van der Waals surface area (Å²) in [7, 11) is 0. The molecule has 1 aromatic heterocycles. The summed E-state index contributed by atoms with van der Waals surface area (Å²) in [6, 6.07) is 7.82. The molecule has 2 rings (SSSR count). The van der Waals surface area contributed by atoms with Gasteiger partial charge in [0, 0.05) is 24.7 Å². The van der Waals surface area contributed by atoms with Crippen molar-refractivity contribution in [2.75, 3.05) is 18.9 Å². The van der Waals surface area contributed by atoms with Crippen LogP contribution in [0.1, 0.15) is 5.56 Å². The molecule has 0 saturated heterocycles. The number of carbonyl (C=O) groups excluding carboxylic acids is 1. The largest absolute Gasteiger partial charge is 0.440 e. The first-order chi connectivity index (χ1) is 11.4. The Balaban J connectivity index is 1.81. The van der Waals surface area contributed by atoms with Crippen LogP contribution in [-0.2, 0) is 4.74 Å². The number of nitrogens with zero attached hydrogens (tertiary/aromatic N) is 2. The molecule has 0 saturated carbocycles. The van der Waals surface area contributed by atoms with Gasteiger partial charge in [-0.05, 0) is 18.6 Å². The molecular weight excluding hydrogens is 343 g/mol. The highest BCUT2D eigenvalue weighted by atomic mass is 32.2. The van der Waals surface area contributed by atoms with Crippen LogP contribution >= 0.6 is 11.8 Å². The monoisotopic (exact) mass is 359 g/mol. The summed E-state index contributed by atoms with van der Waals surface area (Å²) in [6.07, 6.45) is -2.12. The molecule has 0 aliphatic rings. The molecule has 0 spiro atoms. The number of alkyl halides is 3. The van der Waals surface area contributed by atoms with Crippen LogP contribution < -0.4 is 5.32 Å². The van der Waals surface area contributed by atoms with E-state index in [-0.39, 0.29) is 6.54 Å². The van der Waals surface area contributed by atoms with Gasteiger partial charge in [-0.15, -0.1) is 0 Å². The van der Waals surface area contributed by atoms with Crippen LogP contribution in [0.3, 0.4) is 0 Å². The lowest BCUT2D eigenvalue weighted by atomic mass is 10.2. The normalized spacial score (nSPS) is 11.3. The van der Waals surface area contributed by atoms with E-state index in [4.69, 9.17) is 0 Å². The Kier molecular flexibility index (Phi) is 6.13. The van der Waals surface area contributed by atoms with Crippen molar-refractivity contribution < 1.29 is 22.7 Å². The first kappa shape index (κ1) is 18.2. The zero-order valence-corrected chi connectivity index (χ0v) is 13.7. The lowest BCUT2D eigenvalue weighted by molar-refractivity contribution is -0.160. The average Bonchev–Trinajstić information content (AvgIpc) is 2.97. The van der Waals surface area contributed by atoms with Crippen molar-refractivity contribution in [3.8, 4) is 5.69 Å². The van der Waals surface area contributed by atoms with Crippen LogP contribution in [-0.4, -0.2) is 40.7 Å². The molecule has 24 heavy (non-hydrogen) atoms. The number of imidazole rings is 1. The van der Waals surface area contributed by atoms with Crippen molar-refractivity contribution in [3.05, 3.63) is 42.2 Å². The van der Waals surface area contributed by atoms with Gasteiger partial charge in [-0.1, -0.05) is 30.0 Å². The number of halogens is 3. The van der Waals surface area contributed by atoms with Crippen molar-refractivity contribution in [1.29, 1.82) is 0 Å². The summed E-state index contributed by atoms with van der Waals surface area (Å²) in [5.74, 6) is 0.448. The highest BCUT2D eigenvalue weighted by Gasteiger charge is 2.29. The summed E-state index contributed by atoms with van der Waals surface area (Å²) in [5.41, 5.74) is 2.08. The maximum atomic E-state index is 11.9. The summed E-state index contributed by atoms with van der Waals surface area (Å²) >= 11 is 1.38. The maximum Gasteiger partial charge on any atom is 0.422 e. The van der Waals surface area contributed by atoms with E-state index in [9.17, 15) is 18.0 Å². The van der Waals surface area contributed by atoms with E-state index in [0.717, 1.165) is 16.4 Å². The van der Waals surface area contributed by atoms with Gasteiger partial charge in [0.15, 0.2) is 11.8 Å². The molecule has 0 aliphatic carbocycles. The fourth-order valence-electron chi connectivity index (χ4n) is 1.91. The second-order valence-electron chi connectivity index (χ2n) is 4.83. The highest BCUT2D eigenvalue weighted by Crippen LogP contribution is 2.22. The minimum Gasteiger partial charge on any atom is -0.440 e. The van der Waals surface area contributed by atoms with Gasteiger partial charge in [0.05, 0.1) is 5.69 Å². The first-order valence-corrected chi connectivity index (χ1v) is 8.05. The second-order valence-corrected chi connectivity index (χ2v) is 5.89. The topological polar surface area (TPSA) is 56.2 Å². The molecule has 130 valence electrons. The van der Waals surface area contributed by atoms with Crippen LogP contribution in [0.15, 0.2) is 41.8 Å². The number of rotatable bonds is 6. The minimum absolute atomic E-state index is 0.169. The molecule has 0 atom stereocenters. The number of carbonyl (C=O) groups is 1. The van der Waals surface area contributed by atoms with Gasteiger partial charge in [-0.3, -0.25) is 4.57 Å². The number of aromatic nitrogens is 2. The number of benzene rings is 1. The molecule has 0 fully saturated rings. The molecular formula is C15H16F3N3O2S. The summed E-state index contributed by atoms with van der Waals surface area (Å²) in [5, 5.41) is 3.00. The van der Waals surface area contributed by atoms with Crippen LogP contribution in [0.25, 0.3) is 5.69 Å². The molecule has 2 aromatic rings. The van der Waals surface area contributed by atoms with E-state index in [1.165, 1.54) is 11.8 Å². The Morgan fingerprint density at radius 1 is 1.38 bits per heavy atom. The van der Waals surface area contributed by atoms with Crippen molar-refractivity contribution >= 4 is 17.9 Å². The quantitative estimate of drug-likeness (QED) is 0.633. The molecule has 1 amide bonds. The number of aryl methyl sites for hydroxylation is 1. The Labute approximate surface area is 141 Å². The molecule has 5 nitrogen and oxygen atoms in total. The van der Waals surface area contributed by atoms with Crippen LogP contribution in [0.2, 0.25) is 0 Å². The van der Waals surface area contributed by atoms with Crippen molar-refractivity contribution in [3.63, 3.8) is 0 Å². The molecule has 0 radical (unpaired) electrons. The predicted octanol–water partition coefficient (Wildman–Crippen LogP) is 3.56. The fourth-order valence-corrected chi connectivity index (χ4v) is 2.73.